The van der Waals surface area contributed by atoms with Crippen molar-refractivity contribution in [2.45, 2.75) is 18.4 Å². The van der Waals surface area contributed by atoms with Crippen molar-refractivity contribution in [1.29, 1.82) is 0 Å². The van der Waals surface area contributed by atoms with Gasteiger partial charge in [-0.2, -0.15) is 9.29 Å². The summed E-state index contributed by atoms with van der Waals surface area (Å²) in [6.45, 7) is 5.54. The van der Waals surface area contributed by atoms with Crippen LogP contribution in [0.3, 0.4) is 0 Å². The number of nitrogens with zero attached hydrogens (tertiary/aromatic N) is 3. The van der Waals surface area contributed by atoms with Crippen molar-refractivity contribution in [1.82, 2.24) is 14.4 Å². The fourth-order valence-corrected chi connectivity index (χ4v) is 4.45. The van der Waals surface area contributed by atoms with E-state index in [1.165, 1.54) is 29.6 Å². The van der Waals surface area contributed by atoms with Gasteiger partial charge in [0.05, 0.1) is 13.7 Å². The fraction of sp³-hybridized carbons (Fsp3) is 0.200. The van der Waals surface area contributed by atoms with Crippen LogP contribution in [0, 0.1) is 6.92 Å². The predicted molar refractivity (Wildman–Crippen MR) is 110 cm³/mol. The van der Waals surface area contributed by atoms with Crippen molar-refractivity contribution in [2.75, 3.05) is 13.7 Å². The summed E-state index contributed by atoms with van der Waals surface area (Å²) in [5.41, 5.74) is 1.89. The number of hydrogen-bond donors (Lipinski definition) is 0. The second-order valence-corrected chi connectivity index (χ2v) is 8.60. The van der Waals surface area contributed by atoms with Crippen LogP contribution in [-0.4, -0.2) is 36.5 Å². The van der Waals surface area contributed by atoms with Crippen LogP contribution in [0.1, 0.15) is 11.5 Å². The lowest BCUT2D eigenvalue weighted by Crippen LogP contribution is -2.31. The van der Waals surface area contributed by atoms with Gasteiger partial charge in [-0.05, 0) is 25.1 Å². The monoisotopic (exact) mass is 433 g/mol. The van der Waals surface area contributed by atoms with E-state index >= 15 is 0 Å². The first-order valence-corrected chi connectivity index (χ1v) is 10.5. The molecule has 3 aromatic rings. The van der Waals surface area contributed by atoms with Gasteiger partial charge in [0.25, 0.3) is 0 Å². The molecule has 0 radical (unpaired) electrons. The number of aromatic nitrogens is 2. The summed E-state index contributed by atoms with van der Waals surface area (Å²) in [7, 11) is -2.57. The Balaban J connectivity index is 1.92. The van der Waals surface area contributed by atoms with Crippen molar-refractivity contribution < 1.29 is 17.7 Å². The Kier molecular flexibility index (Phi) is 6.36. The van der Waals surface area contributed by atoms with E-state index in [1.807, 2.05) is 31.2 Å². The van der Waals surface area contributed by atoms with E-state index < -0.39 is 10.0 Å². The molecule has 1 heterocycles. The SMILES string of the molecule is C=CCN(Cc1nc(-c2ccc(C)cc2)no1)S(=O)(=O)c1cc(Cl)ccc1OC. The molecule has 152 valence electrons. The molecular weight excluding hydrogens is 414 g/mol. The van der Waals surface area contributed by atoms with Crippen LogP contribution in [0.2, 0.25) is 5.02 Å². The van der Waals surface area contributed by atoms with Gasteiger partial charge >= 0.3 is 0 Å². The van der Waals surface area contributed by atoms with E-state index in [0.29, 0.717) is 5.82 Å². The summed E-state index contributed by atoms with van der Waals surface area (Å²) >= 11 is 6.00. The third-order valence-corrected chi connectivity index (χ3v) is 6.23. The zero-order valence-electron chi connectivity index (χ0n) is 16.0. The molecule has 7 nitrogen and oxygen atoms in total. The molecule has 2 aromatic carbocycles. The molecule has 1 aromatic heterocycles. The Bertz CT molecular complexity index is 1110. The molecule has 0 spiro atoms. The Hall–Kier alpha value is -2.68. The van der Waals surface area contributed by atoms with Crippen molar-refractivity contribution in [2.24, 2.45) is 0 Å². The minimum Gasteiger partial charge on any atom is -0.495 e. The van der Waals surface area contributed by atoms with Gasteiger partial charge in [0.2, 0.25) is 21.7 Å². The maximum Gasteiger partial charge on any atom is 0.247 e. The van der Waals surface area contributed by atoms with Gasteiger partial charge < -0.3 is 9.26 Å². The van der Waals surface area contributed by atoms with Gasteiger partial charge in [-0.15, -0.1) is 6.58 Å². The van der Waals surface area contributed by atoms with Crippen LogP contribution in [0.25, 0.3) is 11.4 Å². The number of halogens is 1. The number of hydrogen-bond acceptors (Lipinski definition) is 6. The summed E-state index contributed by atoms with van der Waals surface area (Å²) in [6.07, 6.45) is 1.48. The van der Waals surface area contributed by atoms with E-state index in [2.05, 4.69) is 16.7 Å². The summed E-state index contributed by atoms with van der Waals surface area (Å²) in [5.74, 6) is 0.734. The number of aryl methyl sites for hydroxylation is 1. The first-order chi connectivity index (χ1) is 13.8. The maximum absolute atomic E-state index is 13.2. The van der Waals surface area contributed by atoms with Gasteiger partial charge in [0.15, 0.2) is 0 Å². The largest absolute Gasteiger partial charge is 0.495 e. The number of rotatable bonds is 8. The van der Waals surface area contributed by atoms with Crippen molar-refractivity contribution >= 4 is 21.6 Å². The molecular formula is C20H20ClN3O4S. The summed E-state index contributed by atoms with van der Waals surface area (Å²) < 4.78 is 38.1. The maximum atomic E-state index is 13.2. The Morgan fingerprint density at radius 3 is 2.62 bits per heavy atom. The molecule has 0 unspecified atom stereocenters. The topological polar surface area (TPSA) is 85.5 Å². The van der Waals surface area contributed by atoms with E-state index in [0.717, 1.165) is 11.1 Å². The Labute approximate surface area is 174 Å². The summed E-state index contributed by atoms with van der Waals surface area (Å²) in [5, 5.41) is 4.23. The van der Waals surface area contributed by atoms with E-state index in [-0.39, 0.29) is 34.6 Å². The summed E-state index contributed by atoms with van der Waals surface area (Å²) in [4.78, 5) is 4.28. The molecule has 9 heteroatoms. The van der Waals surface area contributed by atoms with E-state index in [9.17, 15) is 8.42 Å². The zero-order chi connectivity index (χ0) is 21.0. The smallest absolute Gasteiger partial charge is 0.247 e. The molecule has 0 N–H and O–H groups in total. The molecule has 0 atom stereocenters. The third kappa shape index (κ3) is 4.67. The van der Waals surface area contributed by atoms with Gasteiger partial charge in [-0.25, -0.2) is 8.42 Å². The molecule has 0 saturated heterocycles. The normalized spacial score (nSPS) is 11.6. The highest BCUT2D eigenvalue weighted by molar-refractivity contribution is 7.89. The van der Waals surface area contributed by atoms with Crippen LogP contribution in [0.15, 0.2) is 64.5 Å². The Morgan fingerprint density at radius 1 is 1.24 bits per heavy atom. The quantitative estimate of drug-likeness (QED) is 0.497. The van der Waals surface area contributed by atoms with Crippen LogP contribution in [-0.2, 0) is 16.6 Å². The molecule has 0 aliphatic carbocycles. The highest BCUT2D eigenvalue weighted by Crippen LogP contribution is 2.30. The van der Waals surface area contributed by atoms with Crippen molar-refractivity contribution in [3.63, 3.8) is 0 Å². The number of methoxy groups -OCH3 is 1. The molecule has 0 aliphatic heterocycles. The van der Waals surface area contributed by atoms with Gasteiger partial charge in [-0.1, -0.05) is 52.7 Å². The van der Waals surface area contributed by atoms with Crippen LogP contribution >= 0.6 is 11.6 Å². The van der Waals surface area contributed by atoms with Crippen LogP contribution < -0.4 is 4.74 Å². The second kappa shape index (κ2) is 8.77. The molecule has 0 fully saturated rings. The summed E-state index contributed by atoms with van der Waals surface area (Å²) in [6, 6.07) is 12.0. The van der Waals surface area contributed by atoms with Crippen molar-refractivity contribution in [3.05, 3.63) is 71.6 Å². The average Bonchev–Trinajstić information content (AvgIpc) is 3.17. The molecule has 3 rings (SSSR count). The first kappa shape index (κ1) is 21.0. The first-order valence-electron chi connectivity index (χ1n) is 8.69. The molecule has 0 amide bonds. The third-order valence-electron chi connectivity index (χ3n) is 4.17. The standard InChI is InChI=1S/C20H20ClN3O4S/c1-4-11-24(29(25,26)18-12-16(21)9-10-17(18)27-3)13-19-22-20(23-28-19)15-7-5-14(2)6-8-15/h4-10,12H,1,11,13H2,2-3H3. The van der Waals surface area contributed by atoms with E-state index in [1.54, 1.807) is 6.07 Å². The van der Waals surface area contributed by atoms with Gasteiger partial charge in [0.1, 0.15) is 10.6 Å². The second-order valence-electron chi connectivity index (χ2n) is 6.26. The molecule has 0 bridgehead atoms. The lowest BCUT2D eigenvalue weighted by molar-refractivity contribution is 0.325. The molecule has 0 aliphatic rings. The molecule has 29 heavy (non-hydrogen) atoms. The van der Waals surface area contributed by atoms with Gasteiger partial charge in [0, 0.05) is 17.1 Å². The Morgan fingerprint density at radius 2 is 1.97 bits per heavy atom. The van der Waals surface area contributed by atoms with Crippen LogP contribution in [0.4, 0.5) is 0 Å². The average molecular weight is 434 g/mol. The van der Waals surface area contributed by atoms with Crippen molar-refractivity contribution in [3.8, 4) is 17.1 Å². The van der Waals surface area contributed by atoms with Gasteiger partial charge in [-0.3, -0.25) is 0 Å². The number of ether oxygens (including phenoxy) is 1. The zero-order valence-corrected chi connectivity index (χ0v) is 17.6. The highest BCUT2D eigenvalue weighted by atomic mass is 35.5. The highest BCUT2D eigenvalue weighted by Gasteiger charge is 2.29. The number of benzene rings is 2. The van der Waals surface area contributed by atoms with Crippen LogP contribution in [0.5, 0.6) is 5.75 Å². The predicted octanol–water partition coefficient (Wildman–Crippen LogP) is 4.08. The minimum absolute atomic E-state index is 0.0419. The molecule has 0 saturated carbocycles. The number of sulfonamides is 1. The minimum atomic E-state index is -3.96. The fourth-order valence-electron chi connectivity index (χ4n) is 2.67. The van der Waals surface area contributed by atoms with E-state index in [4.69, 9.17) is 20.9 Å². The lowest BCUT2D eigenvalue weighted by Gasteiger charge is -2.20. The lowest BCUT2D eigenvalue weighted by atomic mass is 10.1.